The SMILES string of the molecule is CCc1nnc(C2CCN(S(=O)(=O)c3ccc(C)cc3)CC2)s1. The van der Waals surface area contributed by atoms with Gasteiger partial charge in [-0.3, -0.25) is 0 Å². The molecular weight excluding hydrogens is 330 g/mol. The molecule has 7 heteroatoms. The predicted molar refractivity (Wildman–Crippen MR) is 91.2 cm³/mol. The number of aryl methyl sites for hydroxylation is 2. The summed E-state index contributed by atoms with van der Waals surface area (Å²) in [6.45, 7) is 5.11. The maximum absolute atomic E-state index is 12.7. The number of hydrogen-bond donors (Lipinski definition) is 0. The van der Waals surface area contributed by atoms with Crippen LogP contribution < -0.4 is 0 Å². The molecule has 0 amide bonds. The van der Waals surface area contributed by atoms with Crippen molar-refractivity contribution in [2.45, 2.75) is 43.9 Å². The number of nitrogens with zero attached hydrogens (tertiary/aromatic N) is 3. The minimum atomic E-state index is -3.38. The highest BCUT2D eigenvalue weighted by Gasteiger charge is 2.31. The molecule has 0 atom stereocenters. The summed E-state index contributed by atoms with van der Waals surface area (Å²) in [7, 11) is -3.38. The van der Waals surface area contributed by atoms with Crippen LogP contribution in [0.2, 0.25) is 0 Å². The van der Waals surface area contributed by atoms with Gasteiger partial charge in [-0.15, -0.1) is 21.5 Å². The lowest BCUT2D eigenvalue weighted by Gasteiger charge is -2.30. The summed E-state index contributed by atoms with van der Waals surface area (Å²) >= 11 is 1.66. The van der Waals surface area contributed by atoms with Gasteiger partial charge >= 0.3 is 0 Å². The van der Waals surface area contributed by atoms with Crippen LogP contribution in [0.3, 0.4) is 0 Å². The lowest BCUT2D eigenvalue weighted by atomic mass is 9.99. The highest BCUT2D eigenvalue weighted by molar-refractivity contribution is 7.89. The van der Waals surface area contributed by atoms with Gasteiger partial charge in [0.25, 0.3) is 0 Å². The molecule has 3 rings (SSSR count). The second-order valence-electron chi connectivity index (χ2n) is 5.88. The van der Waals surface area contributed by atoms with E-state index in [2.05, 4.69) is 17.1 Å². The number of piperidine rings is 1. The second kappa shape index (κ2) is 6.67. The van der Waals surface area contributed by atoms with Crippen molar-refractivity contribution in [3.63, 3.8) is 0 Å². The summed E-state index contributed by atoms with van der Waals surface area (Å²) in [5.74, 6) is 0.331. The number of sulfonamides is 1. The quantitative estimate of drug-likeness (QED) is 0.849. The van der Waals surface area contributed by atoms with Gasteiger partial charge in [-0.1, -0.05) is 24.6 Å². The molecule has 124 valence electrons. The van der Waals surface area contributed by atoms with Gasteiger partial charge in [0.1, 0.15) is 10.0 Å². The van der Waals surface area contributed by atoms with Crippen LogP contribution >= 0.6 is 11.3 Å². The number of benzene rings is 1. The molecule has 1 fully saturated rings. The molecule has 2 aromatic rings. The van der Waals surface area contributed by atoms with Crippen molar-refractivity contribution >= 4 is 21.4 Å². The van der Waals surface area contributed by atoms with E-state index < -0.39 is 10.0 Å². The maximum Gasteiger partial charge on any atom is 0.243 e. The van der Waals surface area contributed by atoms with Gasteiger partial charge in [-0.2, -0.15) is 4.31 Å². The van der Waals surface area contributed by atoms with Gasteiger partial charge in [0, 0.05) is 19.0 Å². The molecule has 1 saturated heterocycles. The van der Waals surface area contributed by atoms with Gasteiger partial charge < -0.3 is 0 Å². The average Bonchev–Trinajstić information content (AvgIpc) is 3.04. The standard InChI is InChI=1S/C16H21N3O2S2/c1-3-15-17-18-16(22-15)13-8-10-19(11-9-13)23(20,21)14-6-4-12(2)5-7-14/h4-7,13H,3,8-11H2,1-2H3. The van der Waals surface area contributed by atoms with Crippen molar-refractivity contribution in [1.82, 2.24) is 14.5 Å². The molecule has 0 aliphatic carbocycles. The third kappa shape index (κ3) is 3.46. The predicted octanol–water partition coefficient (Wildman–Crippen LogP) is 2.98. The Balaban J connectivity index is 1.69. The maximum atomic E-state index is 12.7. The van der Waals surface area contributed by atoms with Crippen molar-refractivity contribution in [1.29, 1.82) is 0 Å². The second-order valence-corrected chi connectivity index (χ2v) is 8.91. The van der Waals surface area contributed by atoms with Crippen molar-refractivity contribution in [3.05, 3.63) is 39.8 Å². The van der Waals surface area contributed by atoms with Gasteiger partial charge in [-0.05, 0) is 38.3 Å². The lowest BCUT2D eigenvalue weighted by Crippen LogP contribution is -2.37. The Kier molecular flexibility index (Phi) is 4.79. The van der Waals surface area contributed by atoms with Crippen LogP contribution in [-0.2, 0) is 16.4 Å². The van der Waals surface area contributed by atoms with E-state index in [9.17, 15) is 8.42 Å². The first-order chi connectivity index (χ1) is 11.0. The Morgan fingerprint density at radius 3 is 2.39 bits per heavy atom. The van der Waals surface area contributed by atoms with E-state index in [0.717, 1.165) is 34.8 Å². The fourth-order valence-corrected chi connectivity index (χ4v) is 5.20. The van der Waals surface area contributed by atoms with E-state index in [-0.39, 0.29) is 0 Å². The van der Waals surface area contributed by atoms with Crippen molar-refractivity contribution < 1.29 is 8.42 Å². The topological polar surface area (TPSA) is 63.2 Å². The minimum absolute atomic E-state index is 0.331. The van der Waals surface area contributed by atoms with Gasteiger partial charge in [0.15, 0.2) is 0 Å². The normalized spacial score (nSPS) is 17.5. The average molecular weight is 351 g/mol. The molecule has 2 heterocycles. The molecule has 0 unspecified atom stereocenters. The third-order valence-corrected chi connectivity index (χ3v) is 7.39. The molecule has 0 radical (unpaired) electrons. The van der Waals surface area contributed by atoms with Gasteiger partial charge in [0.2, 0.25) is 10.0 Å². The Bertz CT molecular complexity index is 761. The third-order valence-electron chi connectivity index (χ3n) is 4.25. The summed E-state index contributed by atoms with van der Waals surface area (Å²) in [6, 6.07) is 7.06. The van der Waals surface area contributed by atoms with Crippen LogP contribution in [0.15, 0.2) is 29.2 Å². The first-order valence-electron chi connectivity index (χ1n) is 7.90. The molecule has 23 heavy (non-hydrogen) atoms. The molecule has 5 nitrogen and oxygen atoms in total. The number of rotatable bonds is 4. The summed E-state index contributed by atoms with van der Waals surface area (Å²) in [6.07, 6.45) is 2.52. The zero-order chi connectivity index (χ0) is 16.4. The van der Waals surface area contributed by atoms with E-state index in [1.54, 1.807) is 27.8 Å². The first kappa shape index (κ1) is 16.5. The summed E-state index contributed by atoms with van der Waals surface area (Å²) in [5, 5.41) is 10.5. The summed E-state index contributed by atoms with van der Waals surface area (Å²) < 4.78 is 27.0. The Morgan fingerprint density at radius 2 is 1.83 bits per heavy atom. The van der Waals surface area contributed by atoms with Crippen molar-refractivity contribution in [2.24, 2.45) is 0 Å². The van der Waals surface area contributed by atoms with Crippen LogP contribution in [0.5, 0.6) is 0 Å². The summed E-state index contributed by atoms with van der Waals surface area (Å²) in [4.78, 5) is 0.380. The smallest absolute Gasteiger partial charge is 0.207 e. The van der Waals surface area contributed by atoms with Crippen LogP contribution in [0.1, 0.15) is 41.3 Å². The Hall–Kier alpha value is -1.31. The van der Waals surface area contributed by atoms with Crippen molar-refractivity contribution in [2.75, 3.05) is 13.1 Å². The Labute approximate surface area is 141 Å². The zero-order valence-corrected chi connectivity index (χ0v) is 15.0. The highest BCUT2D eigenvalue weighted by Crippen LogP contribution is 2.32. The molecule has 1 aliphatic heterocycles. The first-order valence-corrected chi connectivity index (χ1v) is 10.2. The van der Waals surface area contributed by atoms with Gasteiger partial charge in [0.05, 0.1) is 4.90 Å². The van der Waals surface area contributed by atoms with Crippen molar-refractivity contribution in [3.8, 4) is 0 Å². The molecule has 0 N–H and O–H groups in total. The summed E-state index contributed by atoms with van der Waals surface area (Å²) in [5.41, 5.74) is 1.06. The highest BCUT2D eigenvalue weighted by atomic mass is 32.2. The van der Waals surface area contributed by atoms with E-state index in [4.69, 9.17) is 0 Å². The molecule has 1 aliphatic rings. The van der Waals surface area contributed by atoms with E-state index in [1.807, 2.05) is 19.1 Å². The Morgan fingerprint density at radius 1 is 1.17 bits per heavy atom. The zero-order valence-electron chi connectivity index (χ0n) is 13.4. The molecule has 1 aromatic heterocycles. The lowest BCUT2D eigenvalue weighted by molar-refractivity contribution is 0.318. The van der Waals surface area contributed by atoms with Crippen LogP contribution in [0.4, 0.5) is 0 Å². The monoisotopic (exact) mass is 351 g/mol. The van der Waals surface area contributed by atoms with E-state index >= 15 is 0 Å². The largest absolute Gasteiger partial charge is 0.243 e. The van der Waals surface area contributed by atoms with Crippen LogP contribution in [0, 0.1) is 6.92 Å². The fourth-order valence-electron chi connectivity index (χ4n) is 2.78. The molecule has 0 bridgehead atoms. The van der Waals surface area contributed by atoms with Crippen LogP contribution in [-0.4, -0.2) is 36.0 Å². The molecular formula is C16H21N3O2S2. The fraction of sp³-hybridized carbons (Fsp3) is 0.500. The molecule has 0 saturated carbocycles. The minimum Gasteiger partial charge on any atom is -0.207 e. The molecule has 1 aromatic carbocycles. The number of aromatic nitrogens is 2. The van der Waals surface area contributed by atoms with E-state index in [1.165, 1.54) is 0 Å². The van der Waals surface area contributed by atoms with E-state index in [0.29, 0.717) is 23.9 Å². The van der Waals surface area contributed by atoms with Gasteiger partial charge in [-0.25, -0.2) is 8.42 Å². The van der Waals surface area contributed by atoms with Crippen LogP contribution in [0.25, 0.3) is 0 Å². The number of hydrogen-bond acceptors (Lipinski definition) is 5. The molecule has 0 spiro atoms.